The van der Waals surface area contributed by atoms with Crippen LogP contribution in [0.15, 0.2) is 46.4 Å². The Morgan fingerprint density at radius 1 is 1.24 bits per heavy atom. The Kier molecular flexibility index (Phi) is 3.34. The summed E-state index contributed by atoms with van der Waals surface area (Å²) in [7, 11) is 0. The number of anilines is 1. The minimum Gasteiger partial charge on any atom is -0.282 e. The largest absolute Gasteiger partial charge is 0.290 e. The summed E-state index contributed by atoms with van der Waals surface area (Å²) in [4.78, 5) is 35.4. The van der Waals surface area contributed by atoms with Gasteiger partial charge in [0, 0.05) is 0 Å². The highest BCUT2D eigenvalue weighted by Crippen LogP contribution is 2.29. The normalized spacial score (nSPS) is 23.8. The molecule has 1 aromatic rings. The summed E-state index contributed by atoms with van der Waals surface area (Å²) in [5.74, 6) is -1.33. The first-order valence-corrected chi connectivity index (χ1v) is 7.07. The predicted octanol–water partition coefficient (Wildman–Crippen LogP) is 1.89. The van der Waals surface area contributed by atoms with Gasteiger partial charge < -0.3 is 0 Å². The zero-order valence-corrected chi connectivity index (χ0v) is 11.9. The van der Waals surface area contributed by atoms with E-state index < -0.39 is 17.1 Å². The maximum Gasteiger partial charge on any atom is 0.290 e. The molecule has 1 unspecified atom stereocenters. The van der Waals surface area contributed by atoms with E-state index in [4.69, 9.17) is 0 Å². The minimum atomic E-state index is -0.621. The van der Waals surface area contributed by atoms with Crippen LogP contribution in [0.5, 0.6) is 0 Å². The monoisotopic (exact) mass is 301 g/mol. The Hall–Kier alpha value is -2.41. The lowest BCUT2D eigenvalue weighted by molar-refractivity contribution is -0.118. The summed E-state index contributed by atoms with van der Waals surface area (Å²) >= 11 is 0.797. The summed E-state index contributed by atoms with van der Waals surface area (Å²) < 4.78 is 0. The van der Waals surface area contributed by atoms with E-state index in [1.54, 1.807) is 19.1 Å². The van der Waals surface area contributed by atoms with Crippen molar-refractivity contribution in [1.82, 2.24) is 5.32 Å². The van der Waals surface area contributed by atoms with E-state index in [2.05, 4.69) is 10.4 Å². The molecule has 7 heteroatoms. The highest BCUT2D eigenvalue weighted by molar-refractivity contribution is 8.18. The number of benzene rings is 1. The zero-order chi connectivity index (χ0) is 15.0. The molecule has 3 rings (SSSR count). The van der Waals surface area contributed by atoms with E-state index in [-0.39, 0.29) is 10.8 Å². The number of rotatable bonds is 2. The molecule has 21 heavy (non-hydrogen) atoms. The highest BCUT2D eigenvalue weighted by Gasteiger charge is 2.35. The number of hydrazone groups is 1. The first-order valence-electron chi connectivity index (χ1n) is 6.25. The van der Waals surface area contributed by atoms with Crippen LogP contribution in [0, 0.1) is 5.92 Å². The van der Waals surface area contributed by atoms with Crippen LogP contribution in [0.4, 0.5) is 10.5 Å². The lowest BCUT2D eigenvalue weighted by atomic mass is 10.0. The van der Waals surface area contributed by atoms with Crippen molar-refractivity contribution < 1.29 is 14.4 Å². The zero-order valence-electron chi connectivity index (χ0n) is 11.1. The van der Waals surface area contributed by atoms with Gasteiger partial charge in [-0.25, -0.2) is 0 Å². The van der Waals surface area contributed by atoms with Gasteiger partial charge >= 0.3 is 0 Å². The molecule has 0 aliphatic carbocycles. The molecular formula is C14H11N3O3S. The smallest absolute Gasteiger partial charge is 0.282 e. The van der Waals surface area contributed by atoms with Crippen LogP contribution in [0.3, 0.4) is 0 Å². The topological polar surface area (TPSA) is 78.8 Å². The second-order valence-electron chi connectivity index (χ2n) is 4.58. The van der Waals surface area contributed by atoms with Gasteiger partial charge in [0.25, 0.3) is 17.1 Å². The average molecular weight is 301 g/mol. The van der Waals surface area contributed by atoms with Crippen molar-refractivity contribution >= 4 is 40.2 Å². The van der Waals surface area contributed by atoms with Crippen LogP contribution in [-0.2, 0) is 9.59 Å². The van der Waals surface area contributed by atoms with Crippen LogP contribution >= 0.6 is 11.8 Å². The molecule has 0 bridgehead atoms. The maximum absolute atomic E-state index is 12.4. The molecule has 1 saturated heterocycles. The molecule has 6 nitrogen and oxygen atoms in total. The van der Waals surface area contributed by atoms with Crippen molar-refractivity contribution in [1.29, 1.82) is 0 Å². The highest BCUT2D eigenvalue weighted by atomic mass is 32.2. The molecule has 106 valence electrons. The van der Waals surface area contributed by atoms with Crippen molar-refractivity contribution in [2.45, 2.75) is 6.92 Å². The fraction of sp³-hybridized carbons (Fsp3) is 0.143. The molecule has 2 heterocycles. The van der Waals surface area contributed by atoms with Crippen LogP contribution < -0.4 is 10.3 Å². The van der Waals surface area contributed by atoms with Crippen molar-refractivity contribution in [3.05, 3.63) is 41.3 Å². The summed E-state index contributed by atoms with van der Waals surface area (Å²) in [5, 5.41) is 7.29. The van der Waals surface area contributed by atoms with E-state index in [9.17, 15) is 14.4 Å². The van der Waals surface area contributed by atoms with Crippen LogP contribution in [0.2, 0.25) is 0 Å². The molecule has 1 atom stereocenters. The van der Waals surface area contributed by atoms with Gasteiger partial charge in [-0.2, -0.15) is 10.1 Å². The van der Waals surface area contributed by atoms with E-state index in [0.717, 1.165) is 11.8 Å². The second kappa shape index (κ2) is 5.17. The Bertz CT molecular complexity index is 697. The Labute approximate surface area is 124 Å². The summed E-state index contributed by atoms with van der Waals surface area (Å²) in [6.07, 6.45) is 1.50. The maximum atomic E-state index is 12.4. The molecule has 0 saturated carbocycles. The molecule has 1 fully saturated rings. The van der Waals surface area contributed by atoms with E-state index >= 15 is 0 Å². The summed E-state index contributed by atoms with van der Waals surface area (Å²) in [6.45, 7) is 1.72. The Morgan fingerprint density at radius 3 is 2.57 bits per heavy atom. The van der Waals surface area contributed by atoms with Crippen molar-refractivity contribution in [3.8, 4) is 0 Å². The number of thioether (sulfide) groups is 1. The third kappa shape index (κ3) is 2.47. The molecule has 0 spiro atoms. The Balaban J connectivity index is 1.88. The van der Waals surface area contributed by atoms with Crippen molar-refractivity contribution in [2.24, 2.45) is 11.0 Å². The summed E-state index contributed by atoms with van der Waals surface area (Å²) in [5.41, 5.74) is 1.26. The van der Waals surface area contributed by atoms with E-state index in [1.807, 2.05) is 18.2 Å². The van der Waals surface area contributed by atoms with Gasteiger partial charge in [0.15, 0.2) is 0 Å². The third-order valence-corrected chi connectivity index (χ3v) is 3.97. The lowest BCUT2D eigenvalue weighted by Crippen LogP contribution is -2.26. The number of nitrogens with one attached hydrogen (secondary N) is 1. The molecular weight excluding hydrogens is 290 g/mol. The number of hydrogen-bond donors (Lipinski definition) is 1. The first-order chi connectivity index (χ1) is 10.1. The van der Waals surface area contributed by atoms with Crippen LogP contribution in [0.1, 0.15) is 6.92 Å². The van der Waals surface area contributed by atoms with E-state index in [1.165, 1.54) is 11.1 Å². The van der Waals surface area contributed by atoms with E-state index in [0.29, 0.717) is 11.4 Å². The van der Waals surface area contributed by atoms with Gasteiger partial charge in [-0.3, -0.25) is 19.7 Å². The average Bonchev–Trinajstić information content (AvgIpc) is 2.93. The Morgan fingerprint density at radius 2 is 1.95 bits per heavy atom. The molecule has 1 aromatic carbocycles. The van der Waals surface area contributed by atoms with Crippen molar-refractivity contribution in [2.75, 3.05) is 5.01 Å². The number of hydrogen-bond acceptors (Lipinski definition) is 5. The first kappa shape index (κ1) is 13.6. The SMILES string of the molecule is CC1=NN(c2ccccc2)C(=O)C1/C=C1\SC(=O)NC1=O. The quantitative estimate of drug-likeness (QED) is 0.846. The number of imide groups is 1. The molecule has 0 aromatic heterocycles. The molecule has 0 radical (unpaired) electrons. The molecule has 2 aliphatic rings. The van der Waals surface area contributed by atoms with Crippen LogP contribution in [-0.4, -0.2) is 22.8 Å². The van der Waals surface area contributed by atoms with Crippen LogP contribution in [0.25, 0.3) is 0 Å². The van der Waals surface area contributed by atoms with Gasteiger partial charge in [-0.05, 0) is 36.9 Å². The number of nitrogens with zero attached hydrogens (tertiary/aromatic N) is 2. The van der Waals surface area contributed by atoms with Gasteiger partial charge in [-0.1, -0.05) is 18.2 Å². The second-order valence-corrected chi connectivity index (χ2v) is 5.59. The number of para-hydroxylation sites is 1. The standard InChI is InChI=1S/C14H11N3O3S/c1-8-10(7-11-12(18)15-14(20)21-11)13(19)17(16-8)9-5-3-2-4-6-9/h2-7,10H,1H3,(H,15,18,20)/b11-7-. The number of amides is 3. The number of carbonyl (C=O) groups excluding carboxylic acids is 3. The van der Waals surface area contributed by atoms with Gasteiger partial charge in [0.1, 0.15) is 0 Å². The molecule has 3 amide bonds. The van der Waals surface area contributed by atoms with Gasteiger partial charge in [0.05, 0.1) is 22.2 Å². The molecule has 1 N–H and O–H groups in total. The van der Waals surface area contributed by atoms with Gasteiger partial charge in [-0.15, -0.1) is 0 Å². The van der Waals surface area contributed by atoms with Gasteiger partial charge in [0.2, 0.25) is 0 Å². The lowest BCUT2D eigenvalue weighted by Gasteiger charge is -2.12. The van der Waals surface area contributed by atoms with Crippen molar-refractivity contribution in [3.63, 3.8) is 0 Å². The number of carbonyl (C=O) groups is 3. The third-order valence-electron chi connectivity index (χ3n) is 3.14. The molecule has 2 aliphatic heterocycles. The minimum absolute atomic E-state index is 0.237. The summed E-state index contributed by atoms with van der Waals surface area (Å²) in [6, 6.07) is 9.05. The predicted molar refractivity (Wildman–Crippen MR) is 79.7 cm³/mol. The fourth-order valence-corrected chi connectivity index (χ4v) is 2.80. The fourth-order valence-electron chi connectivity index (χ4n) is 2.11.